The number of para-hydroxylation sites is 2. The van der Waals surface area contributed by atoms with Gasteiger partial charge in [0.15, 0.2) is 0 Å². The molecule has 5 heteroatoms. The molecular weight excluding hydrogens is 508 g/mol. The van der Waals surface area contributed by atoms with E-state index in [0.29, 0.717) is 11.4 Å². The van der Waals surface area contributed by atoms with Crippen molar-refractivity contribution in [1.82, 2.24) is 0 Å². The average molecular weight is 539 g/mol. The molecule has 1 N–H and O–H groups in total. The summed E-state index contributed by atoms with van der Waals surface area (Å²) in [7, 11) is 0. The molecule has 41 heavy (non-hydrogen) atoms. The van der Waals surface area contributed by atoms with Gasteiger partial charge in [-0.25, -0.2) is 4.90 Å². The third-order valence-electron chi connectivity index (χ3n) is 6.83. The molecule has 0 spiro atoms. The predicted molar refractivity (Wildman–Crippen MR) is 163 cm³/mol. The maximum Gasteiger partial charge on any atom is 0.238 e. The van der Waals surface area contributed by atoms with Crippen LogP contribution in [-0.4, -0.2) is 17.7 Å². The highest BCUT2D eigenvalue weighted by atomic mass is 16.2. The van der Waals surface area contributed by atoms with E-state index >= 15 is 0 Å². The van der Waals surface area contributed by atoms with Crippen molar-refractivity contribution < 1.29 is 14.4 Å². The fourth-order valence-electron chi connectivity index (χ4n) is 4.87. The third-order valence-corrected chi connectivity index (χ3v) is 6.83. The van der Waals surface area contributed by atoms with E-state index in [2.05, 4.69) is 5.32 Å². The molecule has 3 amide bonds. The lowest BCUT2D eigenvalue weighted by atomic mass is 9.90. The Morgan fingerprint density at radius 1 is 0.512 bits per heavy atom. The first-order valence-corrected chi connectivity index (χ1v) is 13.5. The van der Waals surface area contributed by atoms with Gasteiger partial charge in [0.05, 0.1) is 30.1 Å². The van der Waals surface area contributed by atoms with Crippen LogP contribution in [0.3, 0.4) is 0 Å². The van der Waals surface area contributed by atoms with Crippen molar-refractivity contribution >= 4 is 29.1 Å². The van der Waals surface area contributed by atoms with E-state index in [0.717, 1.165) is 22.3 Å². The third kappa shape index (κ3) is 6.84. The topological polar surface area (TPSA) is 66.5 Å². The first-order chi connectivity index (χ1) is 20.1. The van der Waals surface area contributed by atoms with Gasteiger partial charge < -0.3 is 5.32 Å². The Hall–Kier alpha value is -5.29. The molecule has 5 nitrogen and oxygen atoms in total. The van der Waals surface area contributed by atoms with Crippen LogP contribution in [0, 0.1) is 0 Å². The number of hydrogen-bond donors (Lipinski definition) is 1. The Morgan fingerprint density at radius 3 is 1.37 bits per heavy atom. The molecule has 0 unspecified atom stereocenters. The molecule has 5 rings (SSSR count). The molecule has 0 fully saturated rings. The summed E-state index contributed by atoms with van der Waals surface area (Å²) in [5.41, 5.74) is 3.99. The van der Waals surface area contributed by atoms with Crippen LogP contribution in [0.5, 0.6) is 0 Å². The lowest BCUT2D eigenvalue weighted by Gasteiger charge is -2.25. The molecule has 202 valence electrons. The summed E-state index contributed by atoms with van der Waals surface area (Å²) in [6.07, 6.45) is 0.0839. The van der Waals surface area contributed by atoms with Gasteiger partial charge in [0.25, 0.3) is 0 Å². The van der Waals surface area contributed by atoms with E-state index in [9.17, 15) is 14.4 Å². The Balaban J connectivity index is 1.50. The van der Waals surface area contributed by atoms with Gasteiger partial charge in [-0.2, -0.15) is 0 Å². The molecule has 0 bridgehead atoms. The van der Waals surface area contributed by atoms with E-state index in [1.165, 1.54) is 4.90 Å². The summed E-state index contributed by atoms with van der Waals surface area (Å²) in [6, 6.07) is 44.7. The largest absolute Gasteiger partial charge is 0.323 e. The quantitative estimate of drug-likeness (QED) is 0.224. The van der Waals surface area contributed by atoms with Crippen molar-refractivity contribution in [3.8, 4) is 0 Å². The van der Waals surface area contributed by atoms with Crippen LogP contribution in [0.25, 0.3) is 0 Å². The first-order valence-electron chi connectivity index (χ1n) is 13.5. The molecule has 5 aromatic rings. The SMILES string of the molecule is O=C(Nc1ccccc1N(C(=O)Cc1ccccc1)C(=O)Cc1ccccc1)C(c1ccccc1)c1ccccc1. The van der Waals surface area contributed by atoms with Crippen LogP contribution in [0.1, 0.15) is 28.2 Å². The number of anilines is 2. The van der Waals surface area contributed by atoms with E-state index in [1.54, 1.807) is 24.3 Å². The van der Waals surface area contributed by atoms with Gasteiger partial charge in [0, 0.05) is 0 Å². The zero-order chi connectivity index (χ0) is 28.4. The van der Waals surface area contributed by atoms with Crippen molar-refractivity contribution in [2.75, 3.05) is 10.2 Å². The minimum Gasteiger partial charge on any atom is -0.323 e. The molecule has 5 aromatic carbocycles. The zero-order valence-electron chi connectivity index (χ0n) is 22.5. The van der Waals surface area contributed by atoms with E-state index in [1.807, 2.05) is 121 Å². The van der Waals surface area contributed by atoms with Crippen LogP contribution in [0.15, 0.2) is 146 Å². The first kappa shape index (κ1) is 27.3. The molecule has 0 heterocycles. The minimum atomic E-state index is -0.584. The van der Waals surface area contributed by atoms with Gasteiger partial charge >= 0.3 is 0 Å². The van der Waals surface area contributed by atoms with Crippen molar-refractivity contribution in [2.24, 2.45) is 0 Å². The van der Waals surface area contributed by atoms with E-state index < -0.39 is 5.92 Å². The Labute approximate surface area is 240 Å². The van der Waals surface area contributed by atoms with E-state index in [4.69, 9.17) is 0 Å². The highest BCUT2D eigenvalue weighted by Crippen LogP contribution is 2.31. The summed E-state index contributed by atoms with van der Waals surface area (Å²) in [5, 5.41) is 3.04. The Bertz CT molecular complexity index is 1510. The van der Waals surface area contributed by atoms with Gasteiger partial charge in [-0.1, -0.05) is 133 Å². The average Bonchev–Trinajstić information content (AvgIpc) is 3.00. The lowest BCUT2D eigenvalue weighted by Crippen LogP contribution is -2.40. The predicted octanol–water partition coefficient (Wildman–Crippen LogP) is 6.80. The number of benzene rings is 5. The van der Waals surface area contributed by atoms with Crippen LogP contribution in [0.2, 0.25) is 0 Å². The fourth-order valence-corrected chi connectivity index (χ4v) is 4.87. The van der Waals surface area contributed by atoms with Crippen molar-refractivity contribution in [2.45, 2.75) is 18.8 Å². The molecule has 0 saturated carbocycles. The van der Waals surface area contributed by atoms with Crippen LogP contribution in [0.4, 0.5) is 11.4 Å². The van der Waals surface area contributed by atoms with Crippen LogP contribution >= 0.6 is 0 Å². The fraction of sp³-hybridized carbons (Fsp3) is 0.0833. The number of amides is 3. The number of hydrogen-bond acceptors (Lipinski definition) is 3. The van der Waals surface area contributed by atoms with Gasteiger partial charge in [0.1, 0.15) is 0 Å². The smallest absolute Gasteiger partial charge is 0.238 e. The number of nitrogens with one attached hydrogen (secondary N) is 1. The second kappa shape index (κ2) is 13.2. The van der Waals surface area contributed by atoms with Crippen molar-refractivity contribution in [3.05, 3.63) is 168 Å². The molecule has 0 aromatic heterocycles. The Kier molecular flexibility index (Phi) is 8.77. The second-order valence-corrected chi connectivity index (χ2v) is 9.71. The maximum absolute atomic E-state index is 13.9. The Morgan fingerprint density at radius 2 is 0.902 bits per heavy atom. The summed E-state index contributed by atoms with van der Waals surface area (Å²) >= 11 is 0. The molecule has 0 aliphatic rings. The van der Waals surface area contributed by atoms with Gasteiger partial charge in [-0.05, 0) is 34.4 Å². The molecule has 0 aliphatic heterocycles. The van der Waals surface area contributed by atoms with Crippen molar-refractivity contribution in [1.29, 1.82) is 0 Å². The van der Waals surface area contributed by atoms with Crippen LogP contribution in [-0.2, 0) is 27.2 Å². The second-order valence-electron chi connectivity index (χ2n) is 9.71. The van der Waals surface area contributed by atoms with E-state index in [-0.39, 0.29) is 30.6 Å². The van der Waals surface area contributed by atoms with Gasteiger partial charge in [-0.3, -0.25) is 14.4 Å². The van der Waals surface area contributed by atoms with Crippen LogP contribution < -0.4 is 10.2 Å². The summed E-state index contributed by atoms with van der Waals surface area (Å²) in [4.78, 5) is 42.6. The van der Waals surface area contributed by atoms with Crippen molar-refractivity contribution in [3.63, 3.8) is 0 Å². The molecule has 0 atom stereocenters. The number of imide groups is 1. The maximum atomic E-state index is 13.9. The number of carbonyl (C=O) groups is 3. The monoisotopic (exact) mass is 538 g/mol. The molecule has 0 saturated heterocycles. The highest BCUT2D eigenvalue weighted by Gasteiger charge is 2.28. The normalized spacial score (nSPS) is 10.7. The summed E-state index contributed by atoms with van der Waals surface area (Å²) < 4.78 is 0. The summed E-state index contributed by atoms with van der Waals surface area (Å²) in [6.45, 7) is 0. The number of carbonyl (C=O) groups excluding carboxylic acids is 3. The molecule has 0 aliphatic carbocycles. The zero-order valence-corrected chi connectivity index (χ0v) is 22.5. The van der Waals surface area contributed by atoms with Gasteiger partial charge in [-0.15, -0.1) is 0 Å². The number of rotatable bonds is 9. The highest BCUT2D eigenvalue weighted by molar-refractivity contribution is 6.18. The number of nitrogens with zero attached hydrogens (tertiary/aromatic N) is 1. The standard InChI is InChI=1S/C36H30N2O3/c39-33(25-27-15-5-1-6-16-27)38(34(40)26-28-17-7-2-8-18-28)32-24-14-13-23-31(32)37-36(41)35(29-19-9-3-10-20-29)30-21-11-4-12-22-30/h1-24,35H,25-26H2,(H,37,41). The summed E-state index contributed by atoms with van der Waals surface area (Å²) in [5.74, 6) is -1.59. The van der Waals surface area contributed by atoms with Gasteiger partial charge in [0.2, 0.25) is 17.7 Å². The molecule has 0 radical (unpaired) electrons. The molecular formula is C36H30N2O3. The lowest BCUT2D eigenvalue weighted by molar-refractivity contribution is -0.126. The minimum absolute atomic E-state index is 0.0420.